The second kappa shape index (κ2) is 11.1. The molecule has 13 heteroatoms. The number of halogens is 3. The standard InChI is InChI=1S/C28H27F3N6O4/c1-15-19(14-41-36-15)21(24(32)38)17(10-11-28(29,30)31)26(39)35-25-27(40)37-13-12-33-20-9-5-8-18(23(20)37)22(34-25)16-6-3-2-4-7-16/h2-9,14,17,21,25,33H,10-13H2,1H3,(H2,32,38)(H,35,39). The van der Waals surface area contributed by atoms with Crippen LogP contribution in [-0.4, -0.2) is 54.0 Å². The maximum Gasteiger partial charge on any atom is 0.389 e. The van der Waals surface area contributed by atoms with E-state index in [-0.39, 0.29) is 17.8 Å². The zero-order chi connectivity index (χ0) is 29.3. The Hall–Kier alpha value is -4.68. The maximum absolute atomic E-state index is 13.8. The van der Waals surface area contributed by atoms with Crippen molar-refractivity contribution in [3.8, 4) is 0 Å². The Labute approximate surface area is 232 Å². The lowest BCUT2D eigenvalue weighted by Crippen LogP contribution is -2.52. The van der Waals surface area contributed by atoms with Crippen LogP contribution in [0.2, 0.25) is 0 Å². The predicted molar refractivity (Wildman–Crippen MR) is 143 cm³/mol. The number of amides is 3. The van der Waals surface area contributed by atoms with Gasteiger partial charge in [0.05, 0.1) is 34.6 Å². The topological polar surface area (TPSA) is 143 Å². The molecule has 3 aromatic rings. The molecule has 3 heterocycles. The Morgan fingerprint density at radius 1 is 1.20 bits per heavy atom. The van der Waals surface area contributed by atoms with Crippen molar-refractivity contribution in [1.82, 2.24) is 10.5 Å². The van der Waals surface area contributed by atoms with Gasteiger partial charge in [-0.25, -0.2) is 4.99 Å². The van der Waals surface area contributed by atoms with Crippen molar-refractivity contribution < 1.29 is 32.1 Å². The van der Waals surface area contributed by atoms with E-state index in [1.165, 1.54) is 11.8 Å². The number of hydrogen-bond acceptors (Lipinski definition) is 7. The molecule has 3 amide bonds. The number of aromatic nitrogens is 1. The van der Waals surface area contributed by atoms with Gasteiger partial charge >= 0.3 is 6.18 Å². The van der Waals surface area contributed by atoms with Crippen molar-refractivity contribution in [2.75, 3.05) is 23.3 Å². The van der Waals surface area contributed by atoms with Crippen molar-refractivity contribution in [3.63, 3.8) is 0 Å². The molecule has 5 rings (SSSR count). The number of aliphatic imine (C=N–C) groups is 1. The summed E-state index contributed by atoms with van der Waals surface area (Å²) >= 11 is 0. The molecule has 2 aromatic carbocycles. The van der Waals surface area contributed by atoms with Crippen LogP contribution in [0.3, 0.4) is 0 Å². The van der Waals surface area contributed by atoms with Gasteiger partial charge in [0.2, 0.25) is 18.0 Å². The number of carbonyl (C=O) groups is 3. The number of nitrogens with zero attached hydrogens (tertiary/aromatic N) is 3. The largest absolute Gasteiger partial charge is 0.389 e. The maximum atomic E-state index is 13.8. The number of alkyl halides is 3. The van der Waals surface area contributed by atoms with E-state index in [0.717, 1.165) is 6.26 Å². The number of primary amides is 1. The quantitative estimate of drug-likeness (QED) is 0.381. The number of hydrogen-bond donors (Lipinski definition) is 3. The molecule has 3 atom stereocenters. The molecule has 1 aromatic heterocycles. The molecule has 214 valence electrons. The summed E-state index contributed by atoms with van der Waals surface area (Å²) in [7, 11) is 0. The molecular formula is C28H27F3N6O4. The van der Waals surface area contributed by atoms with E-state index in [9.17, 15) is 27.6 Å². The highest BCUT2D eigenvalue weighted by molar-refractivity contribution is 6.22. The summed E-state index contributed by atoms with van der Waals surface area (Å²) in [5.41, 5.74) is 8.94. The van der Waals surface area contributed by atoms with Gasteiger partial charge < -0.3 is 25.8 Å². The minimum atomic E-state index is -4.61. The number of aryl methyl sites for hydroxylation is 1. The highest BCUT2D eigenvalue weighted by atomic mass is 19.4. The Bertz CT molecular complexity index is 1500. The van der Waals surface area contributed by atoms with Gasteiger partial charge in [0.25, 0.3) is 5.91 Å². The molecule has 3 unspecified atom stereocenters. The third-order valence-corrected chi connectivity index (χ3v) is 7.20. The average molecular weight is 569 g/mol. The van der Waals surface area contributed by atoms with E-state index in [0.29, 0.717) is 34.8 Å². The molecule has 0 saturated heterocycles. The molecule has 4 N–H and O–H groups in total. The van der Waals surface area contributed by atoms with Gasteiger partial charge in [-0.1, -0.05) is 47.6 Å². The van der Waals surface area contributed by atoms with E-state index in [4.69, 9.17) is 10.3 Å². The zero-order valence-electron chi connectivity index (χ0n) is 21.9. The Morgan fingerprint density at radius 2 is 1.95 bits per heavy atom. The van der Waals surface area contributed by atoms with Crippen LogP contribution in [0.5, 0.6) is 0 Å². The van der Waals surface area contributed by atoms with E-state index in [2.05, 4.69) is 20.8 Å². The van der Waals surface area contributed by atoms with Crippen LogP contribution in [0, 0.1) is 12.8 Å². The van der Waals surface area contributed by atoms with E-state index >= 15 is 0 Å². The first kappa shape index (κ1) is 27.9. The minimum absolute atomic E-state index is 0.0969. The van der Waals surface area contributed by atoms with Gasteiger partial charge in [0, 0.05) is 36.2 Å². The monoisotopic (exact) mass is 568 g/mol. The molecule has 41 heavy (non-hydrogen) atoms. The fourth-order valence-corrected chi connectivity index (χ4v) is 5.30. The van der Waals surface area contributed by atoms with Crippen molar-refractivity contribution in [3.05, 3.63) is 77.2 Å². The van der Waals surface area contributed by atoms with Crippen LogP contribution in [-0.2, 0) is 14.4 Å². The second-order valence-corrected chi connectivity index (χ2v) is 9.87. The van der Waals surface area contributed by atoms with Crippen molar-refractivity contribution in [1.29, 1.82) is 0 Å². The second-order valence-electron chi connectivity index (χ2n) is 9.87. The molecule has 2 aliphatic rings. The first-order valence-corrected chi connectivity index (χ1v) is 12.9. The number of benzene rings is 2. The molecule has 0 bridgehead atoms. The van der Waals surface area contributed by atoms with Crippen molar-refractivity contribution in [2.45, 2.75) is 38.0 Å². The number of para-hydroxylation sites is 1. The molecule has 0 radical (unpaired) electrons. The molecular weight excluding hydrogens is 541 g/mol. The summed E-state index contributed by atoms with van der Waals surface area (Å²) in [6.45, 7) is 2.19. The van der Waals surface area contributed by atoms with Crippen molar-refractivity contribution in [2.24, 2.45) is 16.6 Å². The smallest absolute Gasteiger partial charge is 0.382 e. The lowest BCUT2D eigenvalue weighted by Gasteiger charge is -2.32. The van der Waals surface area contributed by atoms with Crippen LogP contribution in [0.25, 0.3) is 0 Å². The third kappa shape index (κ3) is 5.65. The summed E-state index contributed by atoms with van der Waals surface area (Å²) in [5, 5.41) is 9.49. The number of anilines is 2. The summed E-state index contributed by atoms with van der Waals surface area (Å²) in [4.78, 5) is 46.3. The molecule has 10 nitrogen and oxygen atoms in total. The first-order valence-electron chi connectivity index (χ1n) is 12.9. The van der Waals surface area contributed by atoms with Crippen LogP contribution in [0.1, 0.15) is 41.1 Å². The summed E-state index contributed by atoms with van der Waals surface area (Å²) in [5.74, 6) is -5.64. The summed E-state index contributed by atoms with van der Waals surface area (Å²) < 4.78 is 44.8. The molecule has 0 saturated carbocycles. The molecule has 0 aliphatic carbocycles. The van der Waals surface area contributed by atoms with Crippen LogP contribution >= 0.6 is 0 Å². The SMILES string of the molecule is Cc1nocc1C(C(N)=O)C(CCC(F)(F)F)C(=O)NC1N=C(c2ccccc2)c2cccc3c2N(CCN3)C1=O. The minimum Gasteiger partial charge on any atom is -0.382 e. The van der Waals surface area contributed by atoms with Gasteiger partial charge in [-0.05, 0) is 19.4 Å². The first-order chi connectivity index (χ1) is 19.5. The lowest BCUT2D eigenvalue weighted by atomic mass is 9.82. The third-order valence-electron chi connectivity index (χ3n) is 7.20. The molecule has 0 fully saturated rings. The molecule has 2 aliphatic heterocycles. The highest BCUT2D eigenvalue weighted by Crippen LogP contribution is 2.38. The average Bonchev–Trinajstić information content (AvgIpc) is 3.31. The fourth-order valence-electron chi connectivity index (χ4n) is 5.30. The van der Waals surface area contributed by atoms with Gasteiger partial charge in [-0.3, -0.25) is 14.4 Å². The number of nitrogens with two attached hydrogens (primary N) is 1. The Balaban J connectivity index is 1.56. The zero-order valence-corrected chi connectivity index (χ0v) is 21.9. The normalized spacial score (nSPS) is 18.0. The van der Waals surface area contributed by atoms with Crippen LogP contribution < -0.4 is 21.3 Å². The number of carbonyl (C=O) groups excluding carboxylic acids is 3. The summed E-state index contributed by atoms with van der Waals surface area (Å²) in [6.07, 6.45) is -7.13. The molecule has 0 spiro atoms. The van der Waals surface area contributed by atoms with Crippen LogP contribution in [0.4, 0.5) is 24.5 Å². The lowest BCUT2D eigenvalue weighted by molar-refractivity contribution is -0.144. The van der Waals surface area contributed by atoms with Gasteiger partial charge in [-0.2, -0.15) is 13.2 Å². The van der Waals surface area contributed by atoms with Gasteiger partial charge in [-0.15, -0.1) is 0 Å². The fraction of sp³-hybridized carbons (Fsp3) is 0.321. The van der Waals surface area contributed by atoms with E-state index in [1.54, 1.807) is 24.3 Å². The van der Waals surface area contributed by atoms with E-state index in [1.807, 2.05) is 24.3 Å². The van der Waals surface area contributed by atoms with Crippen molar-refractivity contribution >= 4 is 34.8 Å². The van der Waals surface area contributed by atoms with Gasteiger partial charge in [0.1, 0.15) is 6.26 Å². The number of rotatable bonds is 8. The Kier molecular flexibility index (Phi) is 7.52. The predicted octanol–water partition coefficient (Wildman–Crippen LogP) is 3.26. The van der Waals surface area contributed by atoms with E-state index < -0.39 is 54.7 Å². The van der Waals surface area contributed by atoms with Gasteiger partial charge in [0.15, 0.2) is 0 Å². The highest BCUT2D eigenvalue weighted by Gasteiger charge is 2.42. The van der Waals surface area contributed by atoms with Crippen LogP contribution in [0.15, 0.2) is 64.3 Å². The Morgan fingerprint density at radius 3 is 2.61 bits per heavy atom. The summed E-state index contributed by atoms with van der Waals surface area (Å²) in [6, 6.07) is 14.5. The number of nitrogens with one attached hydrogen (secondary N) is 2.